The van der Waals surface area contributed by atoms with Crippen molar-refractivity contribution < 1.29 is 9.59 Å². The van der Waals surface area contributed by atoms with Crippen molar-refractivity contribution in [3.63, 3.8) is 0 Å². The van der Waals surface area contributed by atoms with Crippen LogP contribution in [0.3, 0.4) is 0 Å². The van der Waals surface area contributed by atoms with Crippen molar-refractivity contribution in [3.05, 3.63) is 76.2 Å². The number of ketones is 1. The Kier molecular flexibility index (Phi) is 5.26. The van der Waals surface area contributed by atoms with Gasteiger partial charge in [0.1, 0.15) is 17.8 Å². The molecule has 5 N–H and O–H groups in total. The minimum absolute atomic E-state index is 0.207. The number of amides is 2. The standard InChI is InChI=1S/C20H14Cl2N6O2/c21-11-5-12(22)7-14(6-11)28-20(30)27-13-3-1-2-10(4-13)17(29)15-8-24-19-16(15)18(23)25-9-26-19/h1-9H,(H2,27,28,30)(H3,23,24,25,26). The molecule has 4 aromatic rings. The van der Waals surface area contributed by atoms with E-state index in [0.29, 0.717) is 43.6 Å². The fraction of sp³-hybridized carbons (Fsp3) is 0. The molecule has 0 atom stereocenters. The van der Waals surface area contributed by atoms with E-state index in [1.807, 2.05) is 0 Å². The molecule has 0 aliphatic rings. The van der Waals surface area contributed by atoms with Gasteiger partial charge in [0.25, 0.3) is 0 Å². The van der Waals surface area contributed by atoms with E-state index < -0.39 is 6.03 Å². The third kappa shape index (κ3) is 4.05. The lowest BCUT2D eigenvalue weighted by Crippen LogP contribution is -2.19. The van der Waals surface area contributed by atoms with E-state index in [9.17, 15) is 9.59 Å². The van der Waals surface area contributed by atoms with E-state index in [1.54, 1.807) is 42.5 Å². The summed E-state index contributed by atoms with van der Waals surface area (Å²) in [5.74, 6) is -0.0770. The molecule has 0 aliphatic carbocycles. The predicted octanol–water partition coefficient (Wildman–Crippen LogP) is 4.72. The number of hydrogen-bond acceptors (Lipinski definition) is 5. The molecule has 2 heterocycles. The Morgan fingerprint density at radius 1 is 0.967 bits per heavy atom. The number of halogens is 2. The molecular formula is C20H14Cl2N6O2. The van der Waals surface area contributed by atoms with Crippen molar-refractivity contribution in [1.29, 1.82) is 0 Å². The van der Waals surface area contributed by atoms with Crippen molar-refractivity contribution in [2.24, 2.45) is 0 Å². The van der Waals surface area contributed by atoms with Gasteiger partial charge in [0, 0.05) is 33.2 Å². The van der Waals surface area contributed by atoms with Crippen molar-refractivity contribution >= 4 is 63.2 Å². The van der Waals surface area contributed by atoms with Gasteiger partial charge in [0.15, 0.2) is 5.78 Å². The van der Waals surface area contributed by atoms with Crippen LogP contribution in [0.25, 0.3) is 11.0 Å². The highest BCUT2D eigenvalue weighted by atomic mass is 35.5. The molecule has 0 bridgehead atoms. The first kappa shape index (κ1) is 19.7. The highest BCUT2D eigenvalue weighted by Gasteiger charge is 2.18. The number of aromatic amines is 1. The van der Waals surface area contributed by atoms with Crippen LogP contribution in [0, 0.1) is 0 Å². The summed E-state index contributed by atoms with van der Waals surface area (Å²) in [6.07, 6.45) is 2.85. The highest BCUT2D eigenvalue weighted by Crippen LogP contribution is 2.25. The van der Waals surface area contributed by atoms with Crippen LogP contribution >= 0.6 is 23.2 Å². The van der Waals surface area contributed by atoms with Crippen LogP contribution in [0.4, 0.5) is 22.0 Å². The van der Waals surface area contributed by atoms with Crippen LogP contribution in [-0.4, -0.2) is 26.8 Å². The molecule has 0 unspecified atom stereocenters. The Balaban J connectivity index is 1.55. The maximum Gasteiger partial charge on any atom is 0.323 e. The van der Waals surface area contributed by atoms with Gasteiger partial charge in [-0.25, -0.2) is 14.8 Å². The van der Waals surface area contributed by atoms with Crippen LogP contribution in [0.15, 0.2) is 55.0 Å². The number of nitrogens with zero attached hydrogens (tertiary/aromatic N) is 2. The van der Waals surface area contributed by atoms with E-state index in [0.717, 1.165) is 0 Å². The summed E-state index contributed by atoms with van der Waals surface area (Å²) in [5.41, 5.74) is 7.94. The first-order valence-corrected chi connectivity index (χ1v) is 9.43. The number of rotatable bonds is 4. The second-order valence-electron chi connectivity index (χ2n) is 6.33. The number of benzene rings is 2. The van der Waals surface area contributed by atoms with E-state index in [4.69, 9.17) is 28.9 Å². The molecule has 2 aromatic carbocycles. The molecule has 30 heavy (non-hydrogen) atoms. The molecule has 0 fully saturated rings. The summed E-state index contributed by atoms with van der Waals surface area (Å²) < 4.78 is 0. The number of H-pyrrole nitrogens is 1. The Labute approximate surface area is 180 Å². The minimum Gasteiger partial charge on any atom is -0.383 e. The van der Waals surface area contributed by atoms with Gasteiger partial charge >= 0.3 is 6.03 Å². The number of nitrogens with one attached hydrogen (secondary N) is 3. The quantitative estimate of drug-likeness (QED) is 0.341. The summed E-state index contributed by atoms with van der Waals surface area (Å²) in [5, 5.41) is 6.56. The maximum absolute atomic E-state index is 13.0. The number of nitrogens with two attached hydrogens (primary N) is 1. The lowest BCUT2D eigenvalue weighted by Gasteiger charge is -2.09. The van der Waals surface area contributed by atoms with Gasteiger partial charge in [0.2, 0.25) is 0 Å². The summed E-state index contributed by atoms with van der Waals surface area (Å²) in [6, 6.07) is 10.7. The molecule has 10 heteroatoms. The Morgan fingerprint density at radius 3 is 2.47 bits per heavy atom. The summed E-state index contributed by atoms with van der Waals surface area (Å²) in [4.78, 5) is 36.2. The fourth-order valence-corrected chi connectivity index (χ4v) is 3.51. The third-order valence-electron chi connectivity index (χ3n) is 4.25. The largest absolute Gasteiger partial charge is 0.383 e. The molecule has 150 valence electrons. The summed E-state index contributed by atoms with van der Waals surface area (Å²) >= 11 is 11.9. The van der Waals surface area contributed by atoms with Crippen molar-refractivity contribution in [2.75, 3.05) is 16.4 Å². The van der Waals surface area contributed by atoms with Gasteiger partial charge in [-0.2, -0.15) is 0 Å². The number of urea groups is 1. The van der Waals surface area contributed by atoms with Gasteiger partial charge in [0.05, 0.1) is 10.9 Å². The Morgan fingerprint density at radius 2 is 1.70 bits per heavy atom. The van der Waals surface area contributed by atoms with Crippen molar-refractivity contribution in [3.8, 4) is 0 Å². The SMILES string of the molecule is Nc1ncnc2[nH]cc(C(=O)c3cccc(NC(=O)Nc4cc(Cl)cc(Cl)c4)c3)c12. The molecule has 0 saturated heterocycles. The van der Waals surface area contributed by atoms with E-state index in [2.05, 4.69) is 25.6 Å². The lowest BCUT2D eigenvalue weighted by atomic mass is 10.0. The Bertz CT molecular complexity index is 1270. The molecule has 8 nitrogen and oxygen atoms in total. The topological polar surface area (TPSA) is 126 Å². The second-order valence-corrected chi connectivity index (χ2v) is 7.20. The van der Waals surface area contributed by atoms with Crippen molar-refractivity contribution in [2.45, 2.75) is 0 Å². The first-order chi connectivity index (χ1) is 14.4. The van der Waals surface area contributed by atoms with Gasteiger partial charge < -0.3 is 21.4 Å². The number of carbonyl (C=O) groups is 2. The second kappa shape index (κ2) is 8.02. The normalized spacial score (nSPS) is 10.7. The van der Waals surface area contributed by atoms with E-state index in [-0.39, 0.29) is 11.6 Å². The molecule has 2 amide bonds. The monoisotopic (exact) mass is 440 g/mol. The number of anilines is 3. The highest BCUT2D eigenvalue weighted by molar-refractivity contribution is 6.35. The van der Waals surface area contributed by atoms with E-state index >= 15 is 0 Å². The van der Waals surface area contributed by atoms with Gasteiger partial charge in [-0.3, -0.25) is 4.79 Å². The van der Waals surface area contributed by atoms with Crippen LogP contribution in [0.2, 0.25) is 10.0 Å². The Hall–Kier alpha value is -3.62. The average Bonchev–Trinajstić information content (AvgIpc) is 3.12. The number of carbonyl (C=O) groups excluding carboxylic acids is 2. The van der Waals surface area contributed by atoms with E-state index in [1.165, 1.54) is 12.5 Å². The molecule has 0 radical (unpaired) electrons. The zero-order chi connectivity index (χ0) is 21.3. The fourth-order valence-electron chi connectivity index (χ4n) is 2.98. The lowest BCUT2D eigenvalue weighted by molar-refractivity contribution is 0.104. The first-order valence-electron chi connectivity index (χ1n) is 8.67. The smallest absolute Gasteiger partial charge is 0.323 e. The molecular weight excluding hydrogens is 427 g/mol. The zero-order valence-electron chi connectivity index (χ0n) is 15.2. The summed E-state index contributed by atoms with van der Waals surface area (Å²) in [7, 11) is 0. The summed E-state index contributed by atoms with van der Waals surface area (Å²) in [6.45, 7) is 0. The van der Waals surface area contributed by atoms with Gasteiger partial charge in [-0.05, 0) is 30.3 Å². The van der Waals surface area contributed by atoms with Crippen molar-refractivity contribution in [1.82, 2.24) is 15.0 Å². The molecule has 0 aliphatic heterocycles. The minimum atomic E-state index is -0.511. The van der Waals surface area contributed by atoms with Crippen LogP contribution in [-0.2, 0) is 0 Å². The molecule has 4 rings (SSSR count). The van der Waals surface area contributed by atoms with Gasteiger partial charge in [-0.15, -0.1) is 0 Å². The van der Waals surface area contributed by atoms with Gasteiger partial charge in [-0.1, -0.05) is 35.3 Å². The zero-order valence-corrected chi connectivity index (χ0v) is 16.8. The van der Waals surface area contributed by atoms with Crippen LogP contribution < -0.4 is 16.4 Å². The third-order valence-corrected chi connectivity index (χ3v) is 4.68. The number of hydrogen-bond donors (Lipinski definition) is 4. The molecule has 0 saturated carbocycles. The predicted molar refractivity (Wildman–Crippen MR) is 117 cm³/mol. The number of aromatic nitrogens is 3. The number of fused-ring (bicyclic) bond motifs is 1. The maximum atomic E-state index is 13.0. The average molecular weight is 441 g/mol. The van der Waals surface area contributed by atoms with Crippen LogP contribution in [0.1, 0.15) is 15.9 Å². The molecule has 2 aromatic heterocycles. The molecule has 0 spiro atoms. The number of nitrogen functional groups attached to an aromatic ring is 1. The van der Waals surface area contributed by atoms with Crippen LogP contribution in [0.5, 0.6) is 0 Å².